The Balaban J connectivity index is 2.26. The van der Waals surface area contributed by atoms with Crippen LogP contribution in [0.3, 0.4) is 0 Å². The molecular formula is C20H20FNO6S. The Morgan fingerprint density at radius 2 is 1.90 bits per heavy atom. The van der Waals surface area contributed by atoms with E-state index in [0.29, 0.717) is 5.69 Å². The molecule has 1 amide bonds. The zero-order chi connectivity index (χ0) is 21.4. The van der Waals surface area contributed by atoms with Gasteiger partial charge in [-0.05, 0) is 54.3 Å². The number of rotatable bonds is 8. The summed E-state index contributed by atoms with van der Waals surface area (Å²) in [7, 11) is 1.29. The predicted octanol–water partition coefficient (Wildman–Crippen LogP) is 4.20. The number of nitrogens with one attached hydrogen (secondary N) is 1. The lowest BCUT2D eigenvalue weighted by atomic mass is 10.0. The van der Waals surface area contributed by atoms with Gasteiger partial charge in [0, 0.05) is 23.8 Å². The number of amides is 1. The molecule has 0 saturated carbocycles. The highest BCUT2D eigenvalue weighted by Gasteiger charge is 2.27. The highest BCUT2D eigenvalue weighted by molar-refractivity contribution is 7.98. The fourth-order valence-corrected chi connectivity index (χ4v) is 2.85. The highest BCUT2D eigenvalue weighted by atomic mass is 32.2. The minimum absolute atomic E-state index is 0.176. The average molecular weight is 421 g/mol. The molecule has 0 aliphatic rings. The number of carboxylic acids is 1. The Morgan fingerprint density at radius 3 is 2.45 bits per heavy atom. The van der Waals surface area contributed by atoms with Crippen LogP contribution in [0.2, 0.25) is 0 Å². The van der Waals surface area contributed by atoms with E-state index in [0.717, 1.165) is 23.1 Å². The quantitative estimate of drug-likeness (QED) is 0.433. The largest absolute Gasteiger partial charge is 0.505 e. The molecule has 3 N–H and O–H groups in total. The SMILES string of the molecule is CO[C@@H](/C=C/C(=O)O)[C@@H](OC(=O)Nc1ccc(SC)cc1)c1ccc(O)c(F)c1. The number of carboxylic acid groups (broad SMARTS) is 1. The molecule has 2 aromatic rings. The van der Waals surface area contributed by atoms with E-state index in [1.54, 1.807) is 23.9 Å². The molecule has 154 valence electrons. The molecule has 0 aliphatic carbocycles. The van der Waals surface area contributed by atoms with Crippen molar-refractivity contribution in [1.29, 1.82) is 0 Å². The van der Waals surface area contributed by atoms with Gasteiger partial charge in [0.1, 0.15) is 6.10 Å². The van der Waals surface area contributed by atoms with E-state index in [9.17, 15) is 19.1 Å². The van der Waals surface area contributed by atoms with Crippen LogP contribution in [-0.2, 0) is 14.3 Å². The third kappa shape index (κ3) is 6.51. The van der Waals surface area contributed by atoms with E-state index in [4.69, 9.17) is 14.6 Å². The minimum atomic E-state index is -1.22. The van der Waals surface area contributed by atoms with Crippen molar-refractivity contribution in [1.82, 2.24) is 0 Å². The second-order valence-electron chi connectivity index (χ2n) is 5.79. The molecule has 2 rings (SSSR count). The first kappa shape index (κ1) is 22.3. The van der Waals surface area contributed by atoms with Gasteiger partial charge in [-0.1, -0.05) is 6.07 Å². The van der Waals surface area contributed by atoms with Crippen molar-refractivity contribution >= 4 is 29.5 Å². The van der Waals surface area contributed by atoms with Gasteiger partial charge in [0.25, 0.3) is 0 Å². The molecule has 2 aromatic carbocycles. The maximum atomic E-state index is 13.8. The van der Waals surface area contributed by atoms with Crippen molar-refractivity contribution < 1.29 is 33.7 Å². The topological polar surface area (TPSA) is 105 Å². The van der Waals surface area contributed by atoms with Gasteiger partial charge in [-0.3, -0.25) is 5.32 Å². The normalized spacial score (nSPS) is 13.1. The molecule has 0 spiro atoms. The zero-order valence-corrected chi connectivity index (χ0v) is 16.5. The van der Waals surface area contributed by atoms with Gasteiger partial charge < -0.3 is 19.7 Å². The summed E-state index contributed by atoms with van der Waals surface area (Å²) in [5, 5.41) is 20.8. The van der Waals surface area contributed by atoms with Crippen LogP contribution in [0.4, 0.5) is 14.9 Å². The molecule has 0 aliphatic heterocycles. The number of carbonyl (C=O) groups is 2. The van der Waals surface area contributed by atoms with Gasteiger partial charge in [0.15, 0.2) is 17.7 Å². The second kappa shape index (κ2) is 10.5. The Hall–Kier alpha value is -3.04. The third-order valence-electron chi connectivity index (χ3n) is 3.87. The number of phenols is 1. The lowest BCUT2D eigenvalue weighted by molar-refractivity contribution is -0.131. The summed E-state index contributed by atoms with van der Waals surface area (Å²) < 4.78 is 24.4. The van der Waals surface area contributed by atoms with Crippen molar-refractivity contribution in [3.05, 3.63) is 66.0 Å². The smallest absolute Gasteiger partial charge is 0.412 e. The fourth-order valence-electron chi connectivity index (χ4n) is 2.44. The van der Waals surface area contributed by atoms with Crippen LogP contribution < -0.4 is 5.32 Å². The van der Waals surface area contributed by atoms with Crippen LogP contribution in [0.25, 0.3) is 0 Å². The van der Waals surface area contributed by atoms with Crippen molar-refractivity contribution in [2.24, 2.45) is 0 Å². The van der Waals surface area contributed by atoms with Crippen LogP contribution in [0.1, 0.15) is 11.7 Å². The lowest BCUT2D eigenvalue weighted by Gasteiger charge is -2.24. The van der Waals surface area contributed by atoms with Crippen LogP contribution in [0.5, 0.6) is 5.75 Å². The Bertz CT molecular complexity index is 887. The molecule has 0 bridgehead atoms. The summed E-state index contributed by atoms with van der Waals surface area (Å²) in [5.74, 6) is -2.71. The minimum Gasteiger partial charge on any atom is -0.505 e. The van der Waals surface area contributed by atoms with Crippen molar-refractivity contribution in [2.75, 3.05) is 18.7 Å². The van der Waals surface area contributed by atoms with Gasteiger partial charge in [0.05, 0.1) is 0 Å². The van der Waals surface area contributed by atoms with E-state index in [2.05, 4.69) is 5.32 Å². The number of hydrogen-bond donors (Lipinski definition) is 3. The average Bonchev–Trinajstić information content (AvgIpc) is 2.70. The molecule has 0 fully saturated rings. The number of ether oxygens (including phenoxy) is 2. The first-order valence-electron chi connectivity index (χ1n) is 8.38. The van der Waals surface area contributed by atoms with Gasteiger partial charge >= 0.3 is 12.1 Å². The molecule has 0 heterocycles. The lowest BCUT2D eigenvalue weighted by Crippen LogP contribution is -2.27. The summed E-state index contributed by atoms with van der Waals surface area (Å²) in [6, 6.07) is 10.5. The molecule has 9 heteroatoms. The monoisotopic (exact) mass is 421 g/mol. The molecule has 0 saturated heterocycles. The van der Waals surface area contributed by atoms with Crippen LogP contribution >= 0.6 is 11.8 Å². The summed E-state index contributed by atoms with van der Waals surface area (Å²) in [6.07, 6.45) is 0.911. The zero-order valence-electron chi connectivity index (χ0n) is 15.7. The predicted molar refractivity (Wildman–Crippen MR) is 107 cm³/mol. The van der Waals surface area contributed by atoms with Crippen LogP contribution in [0.15, 0.2) is 59.5 Å². The van der Waals surface area contributed by atoms with E-state index in [1.807, 2.05) is 18.4 Å². The first-order valence-corrected chi connectivity index (χ1v) is 9.60. The second-order valence-corrected chi connectivity index (χ2v) is 6.67. The van der Waals surface area contributed by atoms with Crippen LogP contribution in [0, 0.1) is 5.82 Å². The number of phenolic OH excluding ortho intramolecular Hbond substituents is 1. The van der Waals surface area contributed by atoms with E-state index in [-0.39, 0.29) is 5.56 Å². The molecule has 0 unspecified atom stereocenters. The van der Waals surface area contributed by atoms with Crippen molar-refractivity contribution in [3.63, 3.8) is 0 Å². The molecule has 0 radical (unpaired) electrons. The number of thioether (sulfide) groups is 1. The Labute approximate surface area is 171 Å². The summed E-state index contributed by atoms with van der Waals surface area (Å²) >= 11 is 1.55. The number of carbonyl (C=O) groups excluding carboxylic acids is 1. The van der Waals surface area contributed by atoms with E-state index >= 15 is 0 Å². The van der Waals surface area contributed by atoms with Crippen molar-refractivity contribution in [3.8, 4) is 5.75 Å². The van der Waals surface area contributed by atoms with Crippen molar-refractivity contribution in [2.45, 2.75) is 17.1 Å². The fraction of sp³-hybridized carbons (Fsp3) is 0.200. The highest BCUT2D eigenvalue weighted by Crippen LogP contribution is 2.28. The maximum Gasteiger partial charge on any atom is 0.412 e. The number of halogens is 1. The Kier molecular flexibility index (Phi) is 8.05. The summed E-state index contributed by atoms with van der Waals surface area (Å²) in [4.78, 5) is 24.2. The standard InChI is InChI=1S/C20H20FNO6S/c1-27-17(9-10-18(24)25)19(12-3-8-16(23)15(21)11-12)28-20(26)22-13-4-6-14(29-2)7-5-13/h3-11,17,19,23H,1-2H3,(H,22,26)(H,24,25)/b10-9+/t17-,19-/m0/s1. The van der Waals surface area contributed by atoms with Gasteiger partial charge in [0.2, 0.25) is 0 Å². The number of benzene rings is 2. The summed E-state index contributed by atoms with van der Waals surface area (Å²) in [6.45, 7) is 0. The number of hydrogen-bond acceptors (Lipinski definition) is 6. The first-order chi connectivity index (χ1) is 13.8. The van der Waals surface area contributed by atoms with Gasteiger partial charge in [-0.15, -0.1) is 11.8 Å². The maximum absolute atomic E-state index is 13.8. The van der Waals surface area contributed by atoms with Crippen LogP contribution in [-0.4, -0.2) is 41.7 Å². The van der Waals surface area contributed by atoms with Gasteiger partial charge in [-0.25, -0.2) is 14.0 Å². The number of aliphatic carboxylic acids is 1. The number of aromatic hydroxyl groups is 1. The molecule has 7 nitrogen and oxygen atoms in total. The molecule has 29 heavy (non-hydrogen) atoms. The third-order valence-corrected chi connectivity index (χ3v) is 4.61. The summed E-state index contributed by atoms with van der Waals surface area (Å²) in [5.41, 5.74) is 0.661. The van der Waals surface area contributed by atoms with Gasteiger partial charge in [-0.2, -0.15) is 0 Å². The Morgan fingerprint density at radius 1 is 1.21 bits per heavy atom. The molecular weight excluding hydrogens is 401 g/mol. The number of methoxy groups -OCH3 is 1. The molecule has 0 aromatic heterocycles. The van der Waals surface area contributed by atoms with E-state index < -0.39 is 35.8 Å². The number of anilines is 1. The molecule has 2 atom stereocenters. The van der Waals surface area contributed by atoms with E-state index in [1.165, 1.54) is 19.3 Å².